The molecule has 5 rings (SSSR count). The fraction of sp³-hybridized carbons (Fsp3) is 0.476. The number of halogens is 3. The van der Waals surface area contributed by atoms with E-state index in [1.54, 1.807) is 6.20 Å². The van der Waals surface area contributed by atoms with E-state index in [1.807, 2.05) is 11.6 Å². The number of aromatic nitrogens is 4. The van der Waals surface area contributed by atoms with Crippen LogP contribution in [0.5, 0.6) is 5.75 Å². The molecular formula is C21H22ClF2N5O3. The zero-order chi connectivity index (χ0) is 22.4. The molecule has 0 amide bonds. The SMILES string of the molecule is CC(c1nc2c(cnn2C2CCOCC2)c(=O)[nH]1)N1CC(Oc2cc(F)c(F)cc2Cl)C1. The van der Waals surface area contributed by atoms with Gasteiger partial charge in [-0.25, -0.2) is 18.4 Å². The average Bonchev–Trinajstić information content (AvgIpc) is 3.18. The number of nitrogens with one attached hydrogen (secondary N) is 1. The van der Waals surface area contributed by atoms with E-state index in [9.17, 15) is 13.6 Å². The van der Waals surface area contributed by atoms with Crippen molar-refractivity contribution < 1.29 is 18.3 Å². The second-order valence-electron chi connectivity index (χ2n) is 8.19. The molecule has 3 aromatic rings. The van der Waals surface area contributed by atoms with Gasteiger partial charge in [-0.2, -0.15) is 5.10 Å². The molecule has 1 N–H and O–H groups in total. The molecule has 2 aliphatic rings. The summed E-state index contributed by atoms with van der Waals surface area (Å²) in [5, 5.41) is 4.90. The topological polar surface area (TPSA) is 85.3 Å². The van der Waals surface area contributed by atoms with Gasteiger partial charge in [0, 0.05) is 32.4 Å². The molecule has 1 unspecified atom stereocenters. The molecule has 0 spiro atoms. The second-order valence-corrected chi connectivity index (χ2v) is 8.59. The third kappa shape index (κ3) is 3.87. The molecule has 0 radical (unpaired) electrons. The number of nitrogens with zero attached hydrogens (tertiary/aromatic N) is 4. The Morgan fingerprint density at radius 1 is 1.25 bits per heavy atom. The molecule has 8 nitrogen and oxygen atoms in total. The van der Waals surface area contributed by atoms with Crippen LogP contribution in [-0.2, 0) is 4.74 Å². The van der Waals surface area contributed by atoms with E-state index in [1.165, 1.54) is 0 Å². The Bertz CT molecular complexity index is 1200. The fourth-order valence-electron chi connectivity index (χ4n) is 4.16. The second kappa shape index (κ2) is 8.42. The third-order valence-corrected chi connectivity index (χ3v) is 6.40. The number of H-pyrrole nitrogens is 1. The molecule has 1 atom stereocenters. The molecule has 170 valence electrons. The summed E-state index contributed by atoms with van der Waals surface area (Å²) in [7, 11) is 0. The van der Waals surface area contributed by atoms with Crippen molar-refractivity contribution in [3.05, 3.63) is 51.2 Å². The maximum atomic E-state index is 13.5. The van der Waals surface area contributed by atoms with Gasteiger partial charge >= 0.3 is 0 Å². The normalized spacial score (nSPS) is 19.2. The third-order valence-electron chi connectivity index (χ3n) is 6.11. The summed E-state index contributed by atoms with van der Waals surface area (Å²) in [4.78, 5) is 22.3. The maximum Gasteiger partial charge on any atom is 0.262 e. The van der Waals surface area contributed by atoms with Crippen LogP contribution >= 0.6 is 11.6 Å². The van der Waals surface area contributed by atoms with E-state index in [2.05, 4.69) is 15.0 Å². The Labute approximate surface area is 187 Å². The lowest BCUT2D eigenvalue weighted by atomic mass is 10.1. The zero-order valence-electron chi connectivity index (χ0n) is 17.4. The Hall–Kier alpha value is -2.56. The van der Waals surface area contributed by atoms with Gasteiger partial charge in [-0.1, -0.05) is 11.6 Å². The van der Waals surface area contributed by atoms with Crippen molar-refractivity contribution in [2.45, 2.75) is 38.0 Å². The summed E-state index contributed by atoms with van der Waals surface area (Å²) in [6.07, 6.45) is 2.98. The Morgan fingerprint density at radius 3 is 2.72 bits per heavy atom. The molecular weight excluding hydrogens is 444 g/mol. The first-order valence-corrected chi connectivity index (χ1v) is 10.9. The van der Waals surface area contributed by atoms with Crippen molar-refractivity contribution in [3.63, 3.8) is 0 Å². The van der Waals surface area contributed by atoms with Crippen molar-refractivity contribution in [1.29, 1.82) is 0 Å². The standard InChI is InChI=1S/C21H22ClF2N5O3/c1-11(28-9-13(10-28)32-18-7-17(24)16(23)6-15(18)22)19-26-20-14(21(30)27-19)8-25-29(20)12-2-4-31-5-3-12/h6-8,11-13H,2-5,9-10H2,1H3,(H,26,27,30). The summed E-state index contributed by atoms with van der Waals surface area (Å²) in [5.74, 6) is -1.38. The molecule has 2 aromatic heterocycles. The summed E-state index contributed by atoms with van der Waals surface area (Å²) in [5.41, 5.74) is 0.349. The van der Waals surface area contributed by atoms with Gasteiger partial charge in [-0.05, 0) is 25.8 Å². The van der Waals surface area contributed by atoms with Crippen LogP contribution in [0.2, 0.25) is 5.02 Å². The number of hydrogen-bond acceptors (Lipinski definition) is 6. The monoisotopic (exact) mass is 465 g/mol. The predicted octanol–water partition coefficient (Wildman–Crippen LogP) is 3.23. The van der Waals surface area contributed by atoms with Gasteiger partial charge in [0.25, 0.3) is 5.56 Å². The highest BCUT2D eigenvalue weighted by Crippen LogP contribution is 2.32. The summed E-state index contributed by atoms with van der Waals surface area (Å²) in [6.45, 7) is 4.32. The Balaban J connectivity index is 1.31. The van der Waals surface area contributed by atoms with Crippen LogP contribution in [-0.4, -0.2) is 57.1 Å². The van der Waals surface area contributed by atoms with Crippen LogP contribution < -0.4 is 10.3 Å². The van der Waals surface area contributed by atoms with Crippen LogP contribution in [0.1, 0.15) is 37.7 Å². The van der Waals surface area contributed by atoms with E-state index < -0.39 is 11.6 Å². The largest absolute Gasteiger partial charge is 0.486 e. The van der Waals surface area contributed by atoms with Crippen molar-refractivity contribution in [2.24, 2.45) is 0 Å². The van der Waals surface area contributed by atoms with Crippen LogP contribution in [0.15, 0.2) is 23.1 Å². The number of likely N-dealkylation sites (tertiary alicyclic amines) is 1. The van der Waals surface area contributed by atoms with Crippen LogP contribution in [0, 0.1) is 11.6 Å². The van der Waals surface area contributed by atoms with E-state index in [4.69, 9.17) is 26.1 Å². The first-order valence-electron chi connectivity index (χ1n) is 10.5. The first kappa shape index (κ1) is 21.3. The van der Waals surface area contributed by atoms with Gasteiger partial charge in [0.1, 0.15) is 23.1 Å². The summed E-state index contributed by atoms with van der Waals surface area (Å²) in [6, 6.07) is 1.83. The molecule has 2 saturated heterocycles. The molecule has 1 aromatic carbocycles. The lowest BCUT2D eigenvalue weighted by Crippen LogP contribution is -2.54. The van der Waals surface area contributed by atoms with Crippen molar-refractivity contribution >= 4 is 22.6 Å². The maximum absolute atomic E-state index is 13.5. The number of benzene rings is 1. The van der Waals surface area contributed by atoms with Crippen molar-refractivity contribution in [1.82, 2.24) is 24.6 Å². The molecule has 0 aliphatic carbocycles. The Morgan fingerprint density at radius 2 is 1.97 bits per heavy atom. The number of hydrogen-bond donors (Lipinski definition) is 1. The van der Waals surface area contributed by atoms with Crippen LogP contribution in [0.4, 0.5) is 8.78 Å². The van der Waals surface area contributed by atoms with Crippen LogP contribution in [0.25, 0.3) is 11.0 Å². The number of rotatable bonds is 5. The molecule has 4 heterocycles. The zero-order valence-corrected chi connectivity index (χ0v) is 18.1. The lowest BCUT2D eigenvalue weighted by Gasteiger charge is -2.42. The van der Waals surface area contributed by atoms with Gasteiger partial charge in [-0.15, -0.1) is 0 Å². The minimum absolute atomic E-state index is 0.0215. The smallest absolute Gasteiger partial charge is 0.262 e. The quantitative estimate of drug-likeness (QED) is 0.582. The van der Waals surface area contributed by atoms with Crippen LogP contribution in [0.3, 0.4) is 0 Å². The minimum Gasteiger partial charge on any atom is -0.486 e. The van der Waals surface area contributed by atoms with E-state index in [-0.39, 0.29) is 34.5 Å². The Kier molecular flexibility index (Phi) is 5.60. The summed E-state index contributed by atoms with van der Waals surface area (Å²) < 4.78 is 39.7. The van der Waals surface area contributed by atoms with Gasteiger partial charge < -0.3 is 14.5 Å². The number of fused-ring (bicyclic) bond motifs is 1. The van der Waals surface area contributed by atoms with Crippen molar-refractivity contribution in [2.75, 3.05) is 26.3 Å². The highest BCUT2D eigenvalue weighted by molar-refractivity contribution is 6.32. The average molecular weight is 466 g/mol. The first-order chi connectivity index (χ1) is 15.4. The molecule has 0 bridgehead atoms. The predicted molar refractivity (Wildman–Crippen MR) is 113 cm³/mol. The highest BCUT2D eigenvalue weighted by atomic mass is 35.5. The van der Waals surface area contributed by atoms with E-state index in [0.29, 0.717) is 43.2 Å². The van der Waals surface area contributed by atoms with E-state index >= 15 is 0 Å². The van der Waals surface area contributed by atoms with Crippen molar-refractivity contribution in [3.8, 4) is 5.75 Å². The summed E-state index contributed by atoms with van der Waals surface area (Å²) >= 11 is 5.95. The van der Waals surface area contributed by atoms with Gasteiger partial charge in [-0.3, -0.25) is 9.69 Å². The minimum atomic E-state index is -1.02. The molecule has 2 fully saturated rings. The van der Waals surface area contributed by atoms with E-state index in [0.717, 1.165) is 25.0 Å². The lowest BCUT2D eigenvalue weighted by molar-refractivity contribution is -0.00749. The fourth-order valence-corrected chi connectivity index (χ4v) is 4.35. The molecule has 2 aliphatic heterocycles. The molecule has 11 heteroatoms. The van der Waals surface area contributed by atoms with Gasteiger partial charge in [0.05, 0.1) is 23.3 Å². The molecule has 0 saturated carbocycles. The highest BCUT2D eigenvalue weighted by Gasteiger charge is 2.34. The van der Waals surface area contributed by atoms with Gasteiger partial charge in [0.15, 0.2) is 17.3 Å². The number of ether oxygens (including phenoxy) is 2. The number of aromatic amines is 1. The van der Waals surface area contributed by atoms with Gasteiger partial charge in [0.2, 0.25) is 0 Å². The molecule has 32 heavy (non-hydrogen) atoms.